The molecule has 6 nitrogen and oxygen atoms in total. The fraction of sp³-hybridized carbons (Fsp3) is 0.727. The van der Waals surface area contributed by atoms with Crippen molar-refractivity contribution in [1.82, 2.24) is 15.5 Å². The quantitative estimate of drug-likeness (QED) is 0.665. The van der Waals surface area contributed by atoms with Gasteiger partial charge in [-0.2, -0.15) is 0 Å². The molecule has 0 bridgehead atoms. The smallest absolute Gasteiger partial charge is 0.119 e. The van der Waals surface area contributed by atoms with Crippen molar-refractivity contribution in [3.05, 3.63) is 29.8 Å². The lowest BCUT2D eigenvalue weighted by Crippen LogP contribution is -2.50. The molecule has 164 valence electrons. The van der Waals surface area contributed by atoms with Gasteiger partial charge < -0.3 is 24.8 Å². The van der Waals surface area contributed by atoms with Crippen LogP contribution in [0.2, 0.25) is 0 Å². The number of rotatable bonds is 8. The average Bonchev–Trinajstić information content (AvgIpc) is 3.23. The van der Waals surface area contributed by atoms with Gasteiger partial charge in [-0.05, 0) is 36.5 Å². The topological polar surface area (TPSA) is 55.0 Å². The number of hydrogen-bond acceptors (Lipinski definition) is 6. The van der Waals surface area contributed by atoms with Crippen LogP contribution >= 0.6 is 12.4 Å². The number of ether oxygens (including phenoxy) is 3. The van der Waals surface area contributed by atoms with Crippen molar-refractivity contribution in [3.63, 3.8) is 0 Å². The fourth-order valence-electron chi connectivity index (χ4n) is 4.70. The van der Waals surface area contributed by atoms with Gasteiger partial charge in [0.1, 0.15) is 12.4 Å². The summed E-state index contributed by atoms with van der Waals surface area (Å²) in [7, 11) is 0. The van der Waals surface area contributed by atoms with Crippen LogP contribution in [0.3, 0.4) is 0 Å². The van der Waals surface area contributed by atoms with Crippen LogP contribution in [0.1, 0.15) is 24.8 Å². The summed E-state index contributed by atoms with van der Waals surface area (Å²) >= 11 is 0. The Kier molecular flexibility index (Phi) is 9.49. The number of halogens is 1. The predicted octanol–water partition coefficient (Wildman–Crippen LogP) is 2.07. The standard InChI is InChI=1S/C22H35N3O3.ClH/c1-3-18(15-19(4-1)28-14-10-25-8-12-26-13-9-25)16-24-21-6-2-5-20(21)22-17-27-11-7-23-22;/h1,3-4,15,20-24H,2,5-14,16-17H2;1H. The number of nitrogens with zero attached hydrogens (tertiary/aromatic N) is 1. The van der Waals surface area contributed by atoms with Crippen molar-refractivity contribution in [1.29, 1.82) is 0 Å². The molecule has 1 aromatic rings. The third kappa shape index (κ3) is 6.81. The lowest BCUT2D eigenvalue weighted by atomic mass is 9.94. The summed E-state index contributed by atoms with van der Waals surface area (Å²) in [5.74, 6) is 1.64. The summed E-state index contributed by atoms with van der Waals surface area (Å²) in [6, 6.07) is 9.61. The maximum atomic E-state index is 6.00. The first-order valence-corrected chi connectivity index (χ1v) is 10.9. The van der Waals surface area contributed by atoms with Crippen molar-refractivity contribution < 1.29 is 14.2 Å². The second-order valence-electron chi connectivity index (χ2n) is 8.17. The molecule has 2 saturated heterocycles. The first-order chi connectivity index (χ1) is 13.9. The molecular formula is C22H36ClN3O3. The second-order valence-corrected chi connectivity index (χ2v) is 8.17. The van der Waals surface area contributed by atoms with E-state index in [1.165, 1.54) is 24.8 Å². The summed E-state index contributed by atoms with van der Waals surface area (Å²) in [4.78, 5) is 2.40. The number of morpholine rings is 2. The van der Waals surface area contributed by atoms with Crippen LogP contribution < -0.4 is 15.4 Å². The van der Waals surface area contributed by atoms with E-state index in [0.717, 1.165) is 71.5 Å². The Morgan fingerprint density at radius 3 is 2.86 bits per heavy atom. The molecule has 0 amide bonds. The van der Waals surface area contributed by atoms with E-state index in [1.807, 2.05) is 0 Å². The summed E-state index contributed by atoms with van der Waals surface area (Å²) < 4.78 is 17.1. The molecular weight excluding hydrogens is 390 g/mol. The molecule has 1 aromatic carbocycles. The highest BCUT2D eigenvalue weighted by atomic mass is 35.5. The highest BCUT2D eigenvalue weighted by molar-refractivity contribution is 5.85. The first kappa shape index (κ1) is 22.8. The minimum Gasteiger partial charge on any atom is -0.492 e. The Bertz CT molecular complexity index is 594. The molecule has 3 fully saturated rings. The lowest BCUT2D eigenvalue weighted by molar-refractivity contribution is 0.0322. The molecule has 3 atom stereocenters. The molecule has 0 spiro atoms. The van der Waals surface area contributed by atoms with Gasteiger partial charge >= 0.3 is 0 Å². The highest BCUT2D eigenvalue weighted by Crippen LogP contribution is 2.29. The summed E-state index contributed by atoms with van der Waals surface area (Å²) in [5.41, 5.74) is 1.29. The van der Waals surface area contributed by atoms with E-state index in [1.54, 1.807) is 0 Å². The normalized spacial score (nSPS) is 28.1. The van der Waals surface area contributed by atoms with Gasteiger partial charge in [0, 0.05) is 44.8 Å². The molecule has 2 N–H and O–H groups in total. The minimum absolute atomic E-state index is 0. The zero-order valence-electron chi connectivity index (χ0n) is 17.3. The number of nitrogens with one attached hydrogen (secondary N) is 2. The van der Waals surface area contributed by atoms with Gasteiger partial charge in [0.05, 0.1) is 26.4 Å². The van der Waals surface area contributed by atoms with Gasteiger partial charge in [-0.25, -0.2) is 0 Å². The van der Waals surface area contributed by atoms with E-state index >= 15 is 0 Å². The van der Waals surface area contributed by atoms with Crippen LogP contribution in [-0.2, 0) is 16.0 Å². The molecule has 0 aromatic heterocycles. The van der Waals surface area contributed by atoms with Gasteiger partial charge in [0.15, 0.2) is 0 Å². The maximum absolute atomic E-state index is 6.00. The zero-order valence-corrected chi connectivity index (χ0v) is 18.1. The highest BCUT2D eigenvalue weighted by Gasteiger charge is 2.34. The Morgan fingerprint density at radius 2 is 2.03 bits per heavy atom. The molecule has 0 radical (unpaired) electrons. The van der Waals surface area contributed by atoms with E-state index in [0.29, 0.717) is 18.0 Å². The molecule has 2 aliphatic heterocycles. The molecule has 1 aliphatic carbocycles. The van der Waals surface area contributed by atoms with E-state index in [2.05, 4.69) is 39.8 Å². The van der Waals surface area contributed by atoms with Gasteiger partial charge in [-0.15, -0.1) is 12.4 Å². The van der Waals surface area contributed by atoms with Crippen LogP contribution in [0.25, 0.3) is 0 Å². The largest absolute Gasteiger partial charge is 0.492 e. The minimum atomic E-state index is 0. The Balaban J connectivity index is 0.00000240. The number of hydrogen-bond donors (Lipinski definition) is 2. The summed E-state index contributed by atoms with van der Waals surface area (Å²) in [5, 5.41) is 7.46. The van der Waals surface area contributed by atoms with Crippen molar-refractivity contribution in [2.75, 3.05) is 59.2 Å². The predicted molar refractivity (Wildman–Crippen MR) is 117 cm³/mol. The van der Waals surface area contributed by atoms with Gasteiger partial charge in [-0.3, -0.25) is 4.90 Å². The van der Waals surface area contributed by atoms with Crippen molar-refractivity contribution in [2.24, 2.45) is 5.92 Å². The van der Waals surface area contributed by atoms with Crippen LogP contribution in [-0.4, -0.2) is 76.2 Å². The zero-order chi connectivity index (χ0) is 19.0. The lowest BCUT2D eigenvalue weighted by Gasteiger charge is -2.33. The SMILES string of the molecule is Cl.c1cc(CNC2CCCC2C2COCCN2)cc(OCCN2CCOCC2)c1. The van der Waals surface area contributed by atoms with Gasteiger partial charge in [-0.1, -0.05) is 18.6 Å². The number of benzene rings is 1. The molecule has 2 heterocycles. The van der Waals surface area contributed by atoms with Crippen LogP contribution in [0.4, 0.5) is 0 Å². The fourth-order valence-corrected chi connectivity index (χ4v) is 4.70. The van der Waals surface area contributed by atoms with Crippen LogP contribution in [0.5, 0.6) is 5.75 Å². The van der Waals surface area contributed by atoms with Crippen LogP contribution in [0.15, 0.2) is 24.3 Å². The average molecular weight is 426 g/mol. The van der Waals surface area contributed by atoms with E-state index in [-0.39, 0.29) is 12.4 Å². The Labute approximate surface area is 181 Å². The second kappa shape index (κ2) is 12.1. The third-order valence-electron chi connectivity index (χ3n) is 6.28. The van der Waals surface area contributed by atoms with Gasteiger partial charge in [0.25, 0.3) is 0 Å². The van der Waals surface area contributed by atoms with Crippen molar-refractivity contribution >= 4 is 12.4 Å². The molecule has 1 saturated carbocycles. The third-order valence-corrected chi connectivity index (χ3v) is 6.28. The molecule has 3 aliphatic rings. The van der Waals surface area contributed by atoms with E-state index in [9.17, 15) is 0 Å². The molecule has 3 unspecified atom stereocenters. The Morgan fingerprint density at radius 1 is 1.14 bits per heavy atom. The van der Waals surface area contributed by atoms with Crippen LogP contribution in [0, 0.1) is 5.92 Å². The van der Waals surface area contributed by atoms with Crippen molar-refractivity contribution in [2.45, 2.75) is 37.9 Å². The first-order valence-electron chi connectivity index (χ1n) is 10.9. The monoisotopic (exact) mass is 425 g/mol. The van der Waals surface area contributed by atoms with Gasteiger partial charge in [0.2, 0.25) is 0 Å². The summed E-state index contributed by atoms with van der Waals surface area (Å²) in [6.07, 6.45) is 3.87. The molecule has 7 heteroatoms. The maximum Gasteiger partial charge on any atom is 0.119 e. The van der Waals surface area contributed by atoms with E-state index < -0.39 is 0 Å². The summed E-state index contributed by atoms with van der Waals surface area (Å²) in [6.45, 7) is 8.98. The van der Waals surface area contributed by atoms with E-state index in [4.69, 9.17) is 14.2 Å². The Hall–Kier alpha value is -0.890. The molecule has 29 heavy (non-hydrogen) atoms. The van der Waals surface area contributed by atoms with Crippen molar-refractivity contribution in [3.8, 4) is 5.75 Å². The molecule has 4 rings (SSSR count).